The molecule has 0 unspecified atom stereocenters. The molecule has 1 aliphatic rings. The fourth-order valence-electron chi connectivity index (χ4n) is 2.66. The smallest absolute Gasteiger partial charge is 0.311 e. The molecule has 0 saturated carbocycles. The Morgan fingerprint density at radius 2 is 2.05 bits per heavy atom. The Balaban J connectivity index is 2.11. The van der Waals surface area contributed by atoms with Gasteiger partial charge in [0.25, 0.3) is 0 Å². The van der Waals surface area contributed by atoms with E-state index in [0.29, 0.717) is 19.5 Å². The van der Waals surface area contributed by atoms with E-state index in [4.69, 9.17) is 4.74 Å². The number of esters is 1. The molecule has 0 spiro atoms. The molecule has 1 aromatic carbocycles. The van der Waals surface area contributed by atoms with Crippen molar-refractivity contribution in [2.45, 2.75) is 19.9 Å². The molecule has 2 rings (SSSR count). The second-order valence-electron chi connectivity index (χ2n) is 4.85. The van der Waals surface area contributed by atoms with Crippen LogP contribution in [0.3, 0.4) is 0 Å². The molecule has 2 atom stereocenters. The first-order valence-corrected chi connectivity index (χ1v) is 6.58. The summed E-state index contributed by atoms with van der Waals surface area (Å²) in [6.45, 7) is 2.95. The Bertz CT molecular complexity index is 458. The molecular weight excluding hydrogens is 242 g/mol. The number of likely N-dealkylation sites (tertiary alicyclic amines) is 1. The van der Waals surface area contributed by atoms with Crippen LogP contribution in [0.25, 0.3) is 0 Å². The number of benzene rings is 1. The lowest BCUT2D eigenvalue weighted by molar-refractivity contribution is -0.147. The molecule has 0 N–H and O–H groups in total. The molecule has 4 heteroatoms. The SMILES string of the molecule is CC[C@H]1C(=O)N(Cc2ccccc2)C[C@H]1C(=O)OC. The normalized spacial score (nSPS) is 22.6. The highest BCUT2D eigenvalue weighted by molar-refractivity contribution is 5.89. The zero-order valence-electron chi connectivity index (χ0n) is 11.3. The maximum absolute atomic E-state index is 12.3. The van der Waals surface area contributed by atoms with E-state index in [0.717, 1.165) is 5.56 Å². The fraction of sp³-hybridized carbons (Fsp3) is 0.467. The highest BCUT2D eigenvalue weighted by Crippen LogP contribution is 2.29. The number of rotatable bonds is 4. The Kier molecular flexibility index (Phi) is 4.20. The Morgan fingerprint density at radius 1 is 1.37 bits per heavy atom. The molecule has 102 valence electrons. The van der Waals surface area contributed by atoms with E-state index < -0.39 is 0 Å². The Hall–Kier alpha value is -1.84. The van der Waals surface area contributed by atoms with Crippen molar-refractivity contribution in [3.8, 4) is 0 Å². The summed E-state index contributed by atoms with van der Waals surface area (Å²) in [7, 11) is 1.37. The van der Waals surface area contributed by atoms with Crippen LogP contribution in [-0.2, 0) is 20.9 Å². The molecule has 4 nitrogen and oxygen atoms in total. The van der Waals surface area contributed by atoms with Crippen molar-refractivity contribution in [3.05, 3.63) is 35.9 Å². The first-order valence-electron chi connectivity index (χ1n) is 6.58. The van der Waals surface area contributed by atoms with E-state index >= 15 is 0 Å². The molecule has 1 saturated heterocycles. The molecule has 0 aromatic heterocycles. The van der Waals surface area contributed by atoms with Crippen LogP contribution in [0.2, 0.25) is 0 Å². The second kappa shape index (κ2) is 5.87. The molecule has 1 heterocycles. The number of amides is 1. The molecule has 0 radical (unpaired) electrons. The molecular formula is C15H19NO3. The van der Waals surface area contributed by atoms with Gasteiger partial charge in [0.05, 0.1) is 18.9 Å². The number of carbonyl (C=O) groups excluding carboxylic acids is 2. The minimum atomic E-state index is -0.328. The molecule has 1 amide bonds. The van der Waals surface area contributed by atoms with Crippen molar-refractivity contribution < 1.29 is 14.3 Å². The van der Waals surface area contributed by atoms with E-state index in [9.17, 15) is 9.59 Å². The number of methoxy groups -OCH3 is 1. The van der Waals surface area contributed by atoms with Crippen molar-refractivity contribution in [3.63, 3.8) is 0 Å². The first-order chi connectivity index (χ1) is 9.17. The highest BCUT2D eigenvalue weighted by Gasteiger charge is 2.43. The first kappa shape index (κ1) is 13.6. The van der Waals surface area contributed by atoms with Crippen LogP contribution in [0.1, 0.15) is 18.9 Å². The van der Waals surface area contributed by atoms with E-state index in [1.807, 2.05) is 37.3 Å². The van der Waals surface area contributed by atoms with E-state index in [1.165, 1.54) is 7.11 Å². The minimum Gasteiger partial charge on any atom is -0.469 e. The van der Waals surface area contributed by atoms with Crippen molar-refractivity contribution >= 4 is 11.9 Å². The van der Waals surface area contributed by atoms with E-state index in [2.05, 4.69) is 0 Å². The van der Waals surface area contributed by atoms with Gasteiger partial charge in [-0.05, 0) is 12.0 Å². The largest absolute Gasteiger partial charge is 0.469 e. The molecule has 1 aromatic rings. The minimum absolute atomic E-state index is 0.0572. The zero-order valence-corrected chi connectivity index (χ0v) is 11.3. The van der Waals surface area contributed by atoms with Crippen LogP contribution in [0.15, 0.2) is 30.3 Å². The predicted octanol–water partition coefficient (Wildman–Crippen LogP) is 1.84. The Labute approximate surface area is 113 Å². The topological polar surface area (TPSA) is 46.6 Å². The zero-order chi connectivity index (χ0) is 13.8. The average molecular weight is 261 g/mol. The second-order valence-corrected chi connectivity index (χ2v) is 4.85. The number of ether oxygens (including phenoxy) is 1. The third kappa shape index (κ3) is 2.78. The third-order valence-corrected chi connectivity index (χ3v) is 3.69. The maximum Gasteiger partial charge on any atom is 0.311 e. The number of carbonyl (C=O) groups is 2. The summed E-state index contributed by atoms with van der Waals surface area (Å²) in [5.41, 5.74) is 1.08. The van der Waals surface area contributed by atoms with Crippen LogP contribution in [0.5, 0.6) is 0 Å². The van der Waals surface area contributed by atoms with Crippen molar-refractivity contribution in [1.29, 1.82) is 0 Å². The summed E-state index contributed by atoms with van der Waals surface area (Å²) in [6.07, 6.45) is 0.671. The number of hydrogen-bond donors (Lipinski definition) is 0. The van der Waals surface area contributed by atoms with Crippen LogP contribution in [-0.4, -0.2) is 30.4 Å². The van der Waals surface area contributed by atoms with E-state index in [-0.39, 0.29) is 23.7 Å². The molecule has 0 aliphatic carbocycles. The summed E-state index contributed by atoms with van der Waals surface area (Å²) >= 11 is 0. The van der Waals surface area contributed by atoms with Gasteiger partial charge < -0.3 is 9.64 Å². The van der Waals surface area contributed by atoms with Crippen molar-refractivity contribution in [2.75, 3.05) is 13.7 Å². The monoisotopic (exact) mass is 261 g/mol. The van der Waals surface area contributed by atoms with Crippen LogP contribution in [0.4, 0.5) is 0 Å². The maximum atomic E-state index is 12.3. The van der Waals surface area contributed by atoms with Gasteiger partial charge in [-0.15, -0.1) is 0 Å². The van der Waals surface area contributed by atoms with Gasteiger partial charge >= 0.3 is 5.97 Å². The lowest BCUT2D eigenvalue weighted by Gasteiger charge is -2.16. The molecule has 19 heavy (non-hydrogen) atoms. The van der Waals surface area contributed by atoms with Gasteiger partial charge in [0, 0.05) is 13.1 Å². The van der Waals surface area contributed by atoms with Gasteiger partial charge in [-0.1, -0.05) is 37.3 Å². The van der Waals surface area contributed by atoms with E-state index in [1.54, 1.807) is 4.90 Å². The van der Waals surface area contributed by atoms with Crippen LogP contribution < -0.4 is 0 Å². The molecule has 1 aliphatic heterocycles. The summed E-state index contributed by atoms with van der Waals surface area (Å²) in [5, 5.41) is 0. The van der Waals surface area contributed by atoms with Crippen molar-refractivity contribution in [2.24, 2.45) is 11.8 Å². The van der Waals surface area contributed by atoms with Gasteiger partial charge in [-0.3, -0.25) is 9.59 Å². The lowest BCUT2D eigenvalue weighted by Crippen LogP contribution is -2.26. The van der Waals surface area contributed by atoms with Gasteiger partial charge in [0.15, 0.2) is 0 Å². The highest BCUT2D eigenvalue weighted by atomic mass is 16.5. The van der Waals surface area contributed by atoms with Gasteiger partial charge in [-0.2, -0.15) is 0 Å². The van der Waals surface area contributed by atoms with Gasteiger partial charge in [-0.25, -0.2) is 0 Å². The molecule has 1 fully saturated rings. The average Bonchev–Trinajstić information content (AvgIpc) is 2.76. The third-order valence-electron chi connectivity index (χ3n) is 3.69. The lowest BCUT2D eigenvalue weighted by atomic mass is 9.93. The fourth-order valence-corrected chi connectivity index (χ4v) is 2.66. The van der Waals surface area contributed by atoms with Gasteiger partial charge in [0.2, 0.25) is 5.91 Å². The van der Waals surface area contributed by atoms with Crippen LogP contribution >= 0.6 is 0 Å². The summed E-state index contributed by atoms with van der Waals surface area (Å²) in [6, 6.07) is 9.82. The summed E-state index contributed by atoms with van der Waals surface area (Å²) < 4.78 is 4.80. The Morgan fingerprint density at radius 3 is 2.63 bits per heavy atom. The molecule has 0 bridgehead atoms. The predicted molar refractivity (Wildman–Crippen MR) is 71.1 cm³/mol. The summed E-state index contributed by atoms with van der Waals surface area (Å²) in [5.74, 6) is -0.792. The quantitative estimate of drug-likeness (QED) is 0.777. The number of hydrogen-bond acceptors (Lipinski definition) is 3. The van der Waals surface area contributed by atoms with Crippen molar-refractivity contribution in [1.82, 2.24) is 4.90 Å². The van der Waals surface area contributed by atoms with Crippen LogP contribution in [0, 0.1) is 11.8 Å². The van der Waals surface area contributed by atoms with Gasteiger partial charge in [0.1, 0.15) is 0 Å². The standard InChI is InChI=1S/C15H19NO3/c1-3-12-13(15(18)19-2)10-16(14(12)17)9-11-7-5-4-6-8-11/h4-8,12-13H,3,9-10H2,1-2H3/t12-,13-/m1/s1. The number of nitrogens with zero attached hydrogens (tertiary/aromatic N) is 1. The summed E-state index contributed by atoms with van der Waals surface area (Å²) in [4.78, 5) is 25.8.